The number of guanidine groups is 1. The highest BCUT2D eigenvalue weighted by molar-refractivity contribution is 5.80. The summed E-state index contributed by atoms with van der Waals surface area (Å²) >= 11 is 0. The number of nitrogens with zero attached hydrogens (tertiary/aromatic N) is 1. The summed E-state index contributed by atoms with van der Waals surface area (Å²) in [5.74, 6) is 1.79. The van der Waals surface area contributed by atoms with E-state index in [0.717, 1.165) is 18.4 Å². The first kappa shape index (κ1) is 12.1. The molecule has 0 heterocycles. The van der Waals surface area contributed by atoms with E-state index in [1.54, 1.807) is 0 Å². The van der Waals surface area contributed by atoms with Gasteiger partial charge < -0.3 is 10.6 Å². The number of rotatable bonds is 3. The lowest BCUT2D eigenvalue weighted by Crippen LogP contribution is -2.44. The molecule has 0 spiro atoms. The third-order valence-electron chi connectivity index (χ3n) is 2.99. The van der Waals surface area contributed by atoms with Crippen molar-refractivity contribution in [2.24, 2.45) is 10.9 Å². The van der Waals surface area contributed by atoms with Crippen molar-refractivity contribution in [1.29, 1.82) is 0 Å². The van der Waals surface area contributed by atoms with Gasteiger partial charge in [-0.1, -0.05) is 13.0 Å². The minimum absolute atomic E-state index is 0.595. The molecule has 2 N–H and O–H groups in total. The first-order chi connectivity index (χ1) is 7.26. The molecule has 0 aromatic rings. The van der Waals surface area contributed by atoms with Gasteiger partial charge in [-0.2, -0.15) is 0 Å². The van der Waals surface area contributed by atoms with E-state index >= 15 is 0 Å². The van der Waals surface area contributed by atoms with Crippen molar-refractivity contribution in [2.75, 3.05) is 13.6 Å². The summed E-state index contributed by atoms with van der Waals surface area (Å²) in [6.07, 6.45) is 7.02. The van der Waals surface area contributed by atoms with Gasteiger partial charge in [-0.15, -0.1) is 6.58 Å². The van der Waals surface area contributed by atoms with Gasteiger partial charge in [0.1, 0.15) is 0 Å². The van der Waals surface area contributed by atoms with Gasteiger partial charge in [-0.05, 0) is 31.6 Å². The highest BCUT2D eigenvalue weighted by Gasteiger charge is 2.18. The molecule has 0 radical (unpaired) electrons. The minimum atomic E-state index is 0.595. The van der Waals surface area contributed by atoms with Gasteiger partial charge in [0.15, 0.2) is 5.96 Å². The Hall–Kier alpha value is -0.990. The fourth-order valence-corrected chi connectivity index (χ4v) is 1.96. The van der Waals surface area contributed by atoms with Gasteiger partial charge in [0.05, 0.1) is 0 Å². The molecule has 86 valence electrons. The summed E-state index contributed by atoms with van der Waals surface area (Å²) < 4.78 is 0. The third-order valence-corrected chi connectivity index (χ3v) is 2.99. The number of aliphatic imine (C=N–C) groups is 1. The van der Waals surface area contributed by atoms with Crippen LogP contribution < -0.4 is 10.6 Å². The van der Waals surface area contributed by atoms with Crippen molar-refractivity contribution in [1.82, 2.24) is 10.6 Å². The molecule has 0 saturated heterocycles. The zero-order chi connectivity index (χ0) is 11.1. The van der Waals surface area contributed by atoms with Crippen LogP contribution in [-0.4, -0.2) is 25.6 Å². The lowest BCUT2D eigenvalue weighted by molar-refractivity contribution is 0.329. The summed E-state index contributed by atoms with van der Waals surface area (Å²) in [5.41, 5.74) is 0. The summed E-state index contributed by atoms with van der Waals surface area (Å²) in [6, 6.07) is 0.595. The van der Waals surface area contributed by atoms with Gasteiger partial charge in [0.25, 0.3) is 0 Å². The molecule has 0 bridgehead atoms. The van der Waals surface area contributed by atoms with Crippen molar-refractivity contribution in [3.63, 3.8) is 0 Å². The molecule has 0 aromatic heterocycles. The monoisotopic (exact) mass is 209 g/mol. The molecule has 1 rings (SSSR count). The lowest BCUT2D eigenvalue weighted by Gasteiger charge is -2.28. The fraction of sp³-hybridized carbons (Fsp3) is 0.750. The van der Waals surface area contributed by atoms with Crippen LogP contribution in [0.4, 0.5) is 0 Å². The maximum atomic E-state index is 4.19. The fourth-order valence-electron chi connectivity index (χ4n) is 1.96. The first-order valence-corrected chi connectivity index (χ1v) is 5.84. The van der Waals surface area contributed by atoms with Gasteiger partial charge >= 0.3 is 0 Å². The van der Waals surface area contributed by atoms with Crippen molar-refractivity contribution < 1.29 is 0 Å². The molecule has 0 amide bonds. The van der Waals surface area contributed by atoms with E-state index in [2.05, 4.69) is 29.1 Å². The van der Waals surface area contributed by atoms with Crippen LogP contribution in [0.15, 0.2) is 17.6 Å². The standard InChI is InChI=1S/C12H23N3/c1-4-9-14-12(13-3)15-11-7-5-10(2)6-8-11/h4,10-11H,1,5-9H2,2-3H3,(H2,13,14,15). The van der Waals surface area contributed by atoms with Crippen LogP contribution in [0.25, 0.3) is 0 Å². The predicted molar refractivity (Wildman–Crippen MR) is 66.1 cm³/mol. The average Bonchev–Trinajstić information content (AvgIpc) is 2.27. The molecule has 1 aliphatic rings. The second kappa shape index (κ2) is 6.49. The van der Waals surface area contributed by atoms with E-state index in [1.807, 2.05) is 13.1 Å². The van der Waals surface area contributed by atoms with Crippen molar-refractivity contribution in [3.05, 3.63) is 12.7 Å². The van der Waals surface area contributed by atoms with Gasteiger partial charge in [0, 0.05) is 19.6 Å². The Bertz CT molecular complexity index is 215. The van der Waals surface area contributed by atoms with Crippen molar-refractivity contribution in [2.45, 2.75) is 38.6 Å². The van der Waals surface area contributed by atoms with E-state index < -0.39 is 0 Å². The summed E-state index contributed by atoms with van der Waals surface area (Å²) in [6.45, 7) is 6.78. The normalized spacial score (nSPS) is 27.2. The maximum Gasteiger partial charge on any atom is 0.191 e. The van der Waals surface area contributed by atoms with Gasteiger partial charge in [-0.25, -0.2) is 0 Å². The van der Waals surface area contributed by atoms with Crippen LogP contribution in [0.2, 0.25) is 0 Å². The first-order valence-electron chi connectivity index (χ1n) is 5.84. The Balaban J connectivity index is 2.29. The zero-order valence-corrected chi connectivity index (χ0v) is 9.92. The van der Waals surface area contributed by atoms with Crippen LogP contribution in [0, 0.1) is 5.92 Å². The van der Waals surface area contributed by atoms with Gasteiger partial charge in [-0.3, -0.25) is 4.99 Å². The second-order valence-corrected chi connectivity index (χ2v) is 4.34. The molecule has 3 nitrogen and oxygen atoms in total. The minimum Gasteiger partial charge on any atom is -0.354 e. The molecule has 0 aromatic carbocycles. The van der Waals surface area contributed by atoms with Crippen LogP contribution in [-0.2, 0) is 0 Å². The van der Waals surface area contributed by atoms with E-state index in [-0.39, 0.29) is 0 Å². The highest BCUT2D eigenvalue weighted by atomic mass is 15.2. The topological polar surface area (TPSA) is 36.4 Å². The highest BCUT2D eigenvalue weighted by Crippen LogP contribution is 2.23. The van der Waals surface area contributed by atoms with E-state index in [1.165, 1.54) is 25.7 Å². The van der Waals surface area contributed by atoms with Crippen LogP contribution in [0.5, 0.6) is 0 Å². The smallest absolute Gasteiger partial charge is 0.191 e. The van der Waals surface area contributed by atoms with Gasteiger partial charge in [0.2, 0.25) is 0 Å². The largest absolute Gasteiger partial charge is 0.354 e. The molecular weight excluding hydrogens is 186 g/mol. The number of nitrogens with one attached hydrogen (secondary N) is 2. The molecule has 3 heteroatoms. The van der Waals surface area contributed by atoms with E-state index in [9.17, 15) is 0 Å². The molecule has 0 aliphatic heterocycles. The molecule has 0 atom stereocenters. The average molecular weight is 209 g/mol. The Labute approximate surface area is 93.1 Å². The summed E-state index contributed by atoms with van der Waals surface area (Å²) in [5, 5.41) is 6.65. The molecular formula is C12H23N3. The van der Waals surface area contributed by atoms with E-state index in [4.69, 9.17) is 0 Å². The molecule has 1 fully saturated rings. The Kier molecular flexibility index (Phi) is 5.22. The molecule has 0 unspecified atom stereocenters. The van der Waals surface area contributed by atoms with Crippen LogP contribution in [0.1, 0.15) is 32.6 Å². The molecule has 15 heavy (non-hydrogen) atoms. The van der Waals surface area contributed by atoms with Crippen LogP contribution in [0.3, 0.4) is 0 Å². The SMILES string of the molecule is C=CCNC(=NC)NC1CCC(C)CC1. The quantitative estimate of drug-likeness (QED) is 0.423. The third kappa shape index (κ3) is 4.36. The van der Waals surface area contributed by atoms with Crippen molar-refractivity contribution in [3.8, 4) is 0 Å². The lowest BCUT2D eigenvalue weighted by atomic mass is 9.87. The summed E-state index contributed by atoms with van der Waals surface area (Å²) in [7, 11) is 1.81. The summed E-state index contributed by atoms with van der Waals surface area (Å²) in [4.78, 5) is 4.19. The zero-order valence-electron chi connectivity index (χ0n) is 9.92. The Morgan fingerprint density at radius 2 is 2.07 bits per heavy atom. The predicted octanol–water partition coefficient (Wildman–Crippen LogP) is 1.92. The molecule has 1 aliphatic carbocycles. The Morgan fingerprint density at radius 1 is 1.40 bits per heavy atom. The maximum absolute atomic E-state index is 4.19. The Morgan fingerprint density at radius 3 is 2.60 bits per heavy atom. The molecule has 1 saturated carbocycles. The number of hydrogen-bond acceptors (Lipinski definition) is 1. The second-order valence-electron chi connectivity index (χ2n) is 4.34. The van der Waals surface area contributed by atoms with Crippen molar-refractivity contribution >= 4 is 5.96 Å². The number of hydrogen-bond donors (Lipinski definition) is 2. The van der Waals surface area contributed by atoms with E-state index in [0.29, 0.717) is 6.04 Å². The van der Waals surface area contributed by atoms with Crippen LogP contribution >= 0.6 is 0 Å².